The number of ether oxygens (including phenoxy) is 3. The van der Waals surface area contributed by atoms with Crippen molar-refractivity contribution >= 4 is 27.5 Å². The van der Waals surface area contributed by atoms with E-state index in [1.165, 1.54) is 43.4 Å². The first-order valence-electron chi connectivity index (χ1n) is 14.8. The number of rotatable bonds is 15. The van der Waals surface area contributed by atoms with Gasteiger partial charge in [-0.3, -0.25) is 13.9 Å². The first-order valence-corrected chi connectivity index (χ1v) is 16.2. The van der Waals surface area contributed by atoms with E-state index in [0.29, 0.717) is 23.6 Å². The molecule has 242 valence electrons. The molecule has 1 atom stereocenters. The molecule has 0 aliphatic carbocycles. The third-order valence-electron chi connectivity index (χ3n) is 7.39. The van der Waals surface area contributed by atoms with E-state index >= 15 is 0 Å². The molecule has 1 N–H and O–H groups in total. The van der Waals surface area contributed by atoms with Gasteiger partial charge in [-0.15, -0.1) is 0 Å². The lowest BCUT2D eigenvalue weighted by atomic mass is 10.0. The molecule has 0 saturated carbocycles. The molecule has 46 heavy (non-hydrogen) atoms. The SMILES string of the molecule is CCNC(=O)[C@@H](Cc1ccccc1)N(Cc1cccc(OC)c1)C(=O)CN(c1ccccc1OC)S(=O)(=O)c1ccc(OC)cc1. The zero-order chi connectivity index (χ0) is 33.1. The van der Waals surface area contributed by atoms with Crippen molar-refractivity contribution in [2.45, 2.75) is 30.8 Å². The standard InChI is InChI=1S/C35H39N3O7S/c1-5-36-35(40)32(23-26-12-7-6-8-13-26)37(24-27-14-11-15-29(22-27)44-3)34(39)25-38(31-16-9-10-17-33(31)45-4)46(41,42)30-20-18-28(43-2)19-21-30/h6-22,32H,5,23-25H2,1-4H3,(H,36,40)/t32-/m1/s1. The van der Waals surface area contributed by atoms with Crippen molar-refractivity contribution in [1.29, 1.82) is 0 Å². The summed E-state index contributed by atoms with van der Waals surface area (Å²) in [7, 11) is 0.153. The van der Waals surface area contributed by atoms with E-state index in [1.807, 2.05) is 36.4 Å². The van der Waals surface area contributed by atoms with Crippen LogP contribution in [0.3, 0.4) is 0 Å². The Morgan fingerprint density at radius 2 is 1.41 bits per heavy atom. The number of hydrogen-bond donors (Lipinski definition) is 1. The van der Waals surface area contributed by atoms with Gasteiger partial charge in [-0.25, -0.2) is 8.42 Å². The van der Waals surface area contributed by atoms with E-state index in [9.17, 15) is 18.0 Å². The van der Waals surface area contributed by atoms with Crippen molar-refractivity contribution in [3.05, 3.63) is 114 Å². The molecule has 4 aromatic carbocycles. The fraction of sp³-hybridized carbons (Fsp3) is 0.257. The van der Waals surface area contributed by atoms with Gasteiger partial charge in [0.1, 0.15) is 29.8 Å². The van der Waals surface area contributed by atoms with Crippen LogP contribution in [-0.4, -0.2) is 65.6 Å². The van der Waals surface area contributed by atoms with Gasteiger partial charge in [0.15, 0.2) is 0 Å². The summed E-state index contributed by atoms with van der Waals surface area (Å²) in [6.45, 7) is 1.57. The van der Waals surface area contributed by atoms with Gasteiger partial charge >= 0.3 is 0 Å². The zero-order valence-electron chi connectivity index (χ0n) is 26.4. The van der Waals surface area contributed by atoms with Crippen molar-refractivity contribution < 1.29 is 32.2 Å². The second-order valence-electron chi connectivity index (χ2n) is 10.3. The van der Waals surface area contributed by atoms with Crippen LogP contribution in [0, 0.1) is 0 Å². The van der Waals surface area contributed by atoms with Crippen LogP contribution in [0.4, 0.5) is 5.69 Å². The molecule has 0 aliphatic rings. The minimum atomic E-state index is -4.31. The van der Waals surface area contributed by atoms with Gasteiger partial charge in [-0.2, -0.15) is 0 Å². The van der Waals surface area contributed by atoms with Crippen molar-refractivity contribution in [3.8, 4) is 17.2 Å². The van der Waals surface area contributed by atoms with Crippen LogP contribution in [0.5, 0.6) is 17.2 Å². The fourth-order valence-corrected chi connectivity index (χ4v) is 6.46. The van der Waals surface area contributed by atoms with Crippen LogP contribution in [-0.2, 0) is 32.6 Å². The van der Waals surface area contributed by atoms with E-state index in [0.717, 1.165) is 9.87 Å². The van der Waals surface area contributed by atoms with Crippen LogP contribution in [0.25, 0.3) is 0 Å². The molecule has 0 bridgehead atoms. The molecular formula is C35H39N3O7S. The van der Waals surface area contributed by atoms with E-state index < -0.39 is 28.5 Å². The summed E-state index contributed by atoms with van der Waals surface area (Å²) in [5, 5.41) is 2.86. The molecule has 4 aromatic rings. The molecule has 0 aliphatic heterocycles. The van der Waals surface area contributed by atoms with Gasteiger partial charge in [-0.05, 0) is 66.6 Å². The predicted octanol–water partition coefficient (Wildman–Crippen LogP) is 4.68. The summed E-state index contributed by atoms with van der Waals surface area (Å²) < 4.78 is 45.7. The van der Waals surface area contributed by atoms with Gasteiger partial charge < -0.3 is 24.4 Å². The van der Waals surface area contributed by atoms with Crippen molar-refractivity contribution in [1.82, 2.24) is 10.2 Å². The van der Waals surface area contributed by atoms with E-state index in [4.69, 9.17) is 14.2 Å². The zero-order valence-corrected chi connectivity index (χ0v) is 27.2. The topological polar surface area (TPSA) is 114 Å². The molecule has 0 unspecified atom stereocenters. The predicted molar refractivity (Wildman–Crippen MR) is 177 cm³/mol. The molecule has 10 nitrogen and oxygen atoms in total. The second-order valence-corrected chi connectivity index (χ2v) is 12.2. The first-order chi connectivity index (χ1) is 22.2. The summed E-state index contributed by atoms with van der Waals surface area (Å²) in [4.78, 5) is 29.6. The minimum Gasteiger partial charge on any atom is -0.497 e. The Balaban J connectivity index is 1.83. The summed E-state index contributed by atoms with van der Waals surface area (Å²) in [5.41, 5.74) is 1.72. The van der Waals surface area contributed by atoms with Crippen molar-refractivity contribution in [2.75, 3.05) is 38.7 Å². The average Bonchev–Trinajstić information content (AvgIpc) is 3.09. The van der Waals surface area contributed by atoms with Gasteiger partial charge in [-0.1, -0.05) is 54.6 Å². The molecule has 0 fully saturated rings. The number of sulfonamides is 1. The summed E-state index contributed by atoms with van der Waals surface area (Å²) in [6.07, 6.45) is 0.211. The van der Waals surface area contributed by atoms with E-state index in [-0.39, 0.29) is 35.2 Å². The van der Waals surface area contributed by atoms with Gasteiger partial charge in [0, 0.05) is 19.5 Å². The van der Waals surface area contributed by atoms with Gasteiger partial charge in [0.2, 0.25) is 11.8 Å². The molecule has 4 rings (SSSR count). The number of hydrogen-bond acceptors (Lipinski definition) is 7. The smallest absolute Gasteiger partial charge is 0.264 e. The normalized spacial score (nSPS) is 11.7. The number of carbonyl (C=O) groups is 2. The molecule has 0 spiro atoms. The third kappa shape index (κ3) is 8.16. The highest BCUT2D eigenvalue weighted by Gasteiger charge is 2.35. The minimum absolute atomic E-state index is 0.0208. The van der Waals surface area contributed by atoms with Crippen LogP contribution in [0.2, 0.25) is 0 Å². The Labute approximate surface area is 270 Å². The Hall–Kier alpha value is -5.03. The number of nitrogens with one attached hydrogen (secondary N) is 1. The number of amides is 2. The quantitative estimate of drug-likeness (QED) is 0.200. The molecule has 0 heterocycles. The lowest BCUT2D eigenvalue weighted by Gasteiger charge is -2.34. The number of para-hydroxylation sites is 2. The molecule has 0 radical (unpaired) electrons. The highest BCUT2D eigenvalue weighted by molar-refractivity contribution is 7.92. The first kappa shape index (κ1) is 33.9. The van der Waals surface area contributed by atoms with Gasteiger partial charge in [0.05, 0.1) is 31.9 Å². The fourth-order valence-electron chi connectivity index (χ4n) is 5.04. The molecule has 0 saturated heterocycles. The second kappa shape index (κ2) is 15.8. The Morgan fingerprint density at radius 3 is 2.07 bits per heavy atom. The maximum atomic E-state index is 14.6. The molecule has 2 amide bonds. The maximum Gasteiger partial charge on any atom is 0.264 e. The third-order valence-corrected chi connectivity index (χ3v) is 9.16. The largest absolute Gasteiger partial charge is 0.497 e. The van der Waals surface area contributed by atoms with Gasteiger partial charge in [0.25, 0.3) is 10.0 Å². The monoisotopic (exact) mass is 645 g/mol. The molecular weight excluding hydrogens is 606 g/mol. The number of nitrogens with zero attached hydrogens (tertiary/aromatic N) is 2. The number of likely N-dealkylation sites (N-methyl/N-ethyl adjacent to an activating group) is 1. The molecule has 11 heteroatoms. The van der Waals surface area contributed by atoms with Crippen LogP contribution in [0.1, 0.15) is 18.1 Å². The summed E-state index contributed by atoms with van der Waals surface area (Å²) in [5.74, 6) is 0.382. The maximum absolute atomic E-state index is 14.6. The van der Waals surface area contributed by atoms with Crippen molar-refractivity contribution in [2.24, 2.45) is 0 Å². The number of methoxy groups -OCH3 is 3. The van der Waals surface area contributed by atoms with Crippen LogP contribution in [0.15, 0.2) is 108 Å². The average molecular weight is 646 g/mol. The molecule has 0 aromatic heterocycles. The van der Waals surface area contributed by atoms with Crippen molar-refractivity contribution in [3.63, 3.8) is 0 Å². The summed E-state index contributed by atoms with van der Waals surface area (Å²) in [6, 6.07) is 28.1. The number of carbonyl (C=O) groups excluding carboxylic acids is 2. The van der Waals surface area contributed by atoms with Crippen LogP contribution >= 0.6 is 0 Å². The lowest BCUT2D eigenvalue weighted by molar-refractivity contribution is -0.140. The highest BCUT2D eigenvalue weighted by atomic mass is 32.2. The Bertz CT molecular complexity index is 1710. The van der Waals surface area contributed by atoms with E-state index in [2.05, 4.69) is 5.32 Å². The number of anilines is 1. The summed E-state index contributed by atoms with van der Waals surface area (Å²) >= 11 is 0. The van der Waals surface area contributed by atoms with E-state index in [1.54, 1.807) is 56.5 Å². The number of benzene rings is 4. The highest BCUT2D eigenvalue weighted by Crippen LogP contribution is 2.33. The Morgan fingerprint density at radius 1 is 0.761 bits per heavy atom. The Kier molecular flexibility index (Phi) is 11.6. The van der Waals surface area contributed by atoms with Crippen LogP contribution < -0.4 is 23.8 Å². The lowest BCUT2D eigenvalue weighted by Crippen LogP contribution is -2.53.